The molecule has 2 aromatic rings. The first kappa shape index (κ1) is 18.2. The van der Waals surface area contributed by atoms with Crippen molar-refractivity contribution in [3.8, 4) is 11.5 Å². The van der Waals surface area contributed by atoms with Crippen molar-refractivity contribution in [3.05, 3.63) is 35.2 Å². The number of rotatable bonds is 8. The molecule has 1 aliphatic rings. The van der Waals surface area contributed by atoms with Crippen LogP contribution in [0.5, 0.6) is 11.5 Å². The summed E-state index contributed by atoms with van der Waals surface area (Å²) in [4.78, 5) is 13.6. The fourth-order valence-corrected chi connectivity index (χ4v) is 2.84. The second kappa shape index (κ2) is 7.73. The van der Waals surface area contributed by atoms with Crippen molar-refractivity contribution in [1.82, 2.24) is 20.3 Å². The maximum absolute atomic E-state index is 11.5. The number of H-pyrrole nitrogens is 1. The molecule has 1 aromatic carbocycles. The highest BCUT2D eigenvalue weighted by molar-refractivity contribution is 6.41. The number of nitrogens with one attached hydrogen (secondary N) is 1. The van der Waals surface area contributed by atoms with Crippen molar-refractivity contribution in [3.63, 3.8) is 0 Å². The van der Waals surface area contributed by atoms with Gasteiger partial charge in [-0.2, -0.15) is 15.4 Å². The van der Waals surface area contributed by atoms with Gasteiger partial charge in [-0.3, -0.25) is 4.90 Å². The van der Waals surface area contributed by atoms with Crippen LogP contribution in [0.1, 0.15) is 21.6 Å². The predicted molar refractivity (Wildman–Crippen MR) is 89.8 cm³/mol. The number of carbonyl (C=O) groups is 1. The average Bonchev–Trinajstić information content (AvgIpc) is 3.04. The lowest BCUT2D eigenvalue weighted by atomic mass is 9.82. The Hall–Kier alpha value is -2.63. The van der Waals surface area contributed by atoms with Crippen LogP contribution < -0.4 is 4.74 Å². The summed E-state index contributed by atoms with van der Waals surface area (Å²) >= 11 is 0. The van der Waals surface area contributed by atoms with Gasteiger partial charge >= 0.3 is 13.1 Å². The van der Waals surface area contributed by atoms with Crippen molar-refractivity contribution in [2.24, 2.45) is 0 Å². The van der Waals surface area contributed by atoms with E-state index in [2.05, 4.69) is 20.3 Å². The van der Waals surface area contributed by atoms with Crippen LogP contribution >= 0.6 is 0 Å². The summed E-state index contributed by atoms with van der Waals surface area (Å²) in [5, 5.41) is 47.7. The summed E-state index contributed by atoms with van der Waals surface area (Å²) < 4.78 is 5.73. The van der Waals surface area contributed by atoms with Gasteiger partial charge in [-0.05, 0) is 24.4 Å². The SMILES string of the molecule is O=C(O)c1c(OC2CN(Cc3cn[nH]n3)C2)ccc(CCB(O)O)c1O. The van der Waals surface area contributed by atoms with E-state index in [0.717, 1.165) is 5.69 Å². The van der Waals surface area contributed by atoms with E-state index >= 15 is 0 Å². The Bertz CT molecular complexity index is 764. The number of aromatic nitrogens is 3. The van der Waals surface area contributed by atoms with Crippen LogP contribution in [0.4, 0.5) is 0 Å². The summed E-state index contributed by atoms with van der Waals surface area (Å²) in [6.45, 7) is 1.83. The minimum atomic E-state index is -1.52. The quantitative estimate of drug-likeness (QED) is 0.391. The molecule has 11 heteroatoms. The monoisotopic (exact) mass is 362 g/mol. The maximum atomic E-state index is 11.5. The molecule has 1 fully saturated rings. The molecule has 0 spiro atoms. The van der Waals surface area contributed by atoms with Crippen molar-refractivity contribution < 1.29 is 29.8 Å². The lowest BCUT2D eigenvalue weighted by molar-refractivity contribution is 0.0127. The summed E-state index contributed by atoms with van der Waals surface area (Å²) in [5.74, 6) is -1.62. The van der Waals surface area contributed by atoms with E-state index < -0.39 is 18.8 Å². The van der Waals surface area contributed by atoms with Gasteiger partial charge in [0.05, 0.1) is 11.9 Å². The fourth-order valence-electron chi connectivity index (χ4n) is 2.84. The topological polar surface area (TPSA) is 152 Å². The van der Waals surface area contributed by atoms with Crippen LogP contribution in [0.3, 0.4) is 0 Å². The lowest BCUT2D eigenvalue weighted by Gasteiger charge is -2.38. The molecular weight excluding hydrogens is 343 g/mol. The predicted octanol–water partition coefficient (Wildman–Crippen LogP) is -0.513. The van der Waals surface area contributed by atoms with Gasteiger partial charge in [-0.25, -0.2) is 4.79 Å². The number of phenols is 1. The number of carboxylic acid groups (broad SMARTS) is 1. The number of aryl methyl sites for hydroxylation is 1. The van der Waals surface area contributed by atoms with Crippen molar-refractivity contribution in [2.45, 2.75) is 25.4 Å². The zero-order valence-electron chi connectivity index (χ0n) is 13.9. The number of aromatic amines is 1. The van der Waals surface area contributed by atoms with Gasteiger partial charge in [0.2, 0.25) is 0 Å². The number of aromatic hydroxyl groups is 1. The number of hydrogen-bond donors (Lipinski definition) is 5. The average molecular weight is 362 g/mol. The smallest absolute Gasteiger partial charge is 0.451 e. The molecule has 5 N–H and O–H groups in total. The highest BCUT2D eigenvalue weighted by Crippen LogP contribution is 2.34. The third-order valence-electron chi connectivity index (χ3n) is 4.18. The van der Waals surface area contributed by atoms with Gasteiger partial charge in [0.25, 0.3) is 0 Å². The van der Waals surface area contributed by atoms with Gasteiger partial charge in [0.1, 0.15) is 23.2 Å². The molecule has 2 heterocycles. The Morgan fingerprint density at radius 3 is 2.77 bits per heavy atom. The summed E-state index contributed by atoms with van der Waals surface area (Å²) in [6, 6.07) is 3.02. The first-order chi connectivity index (χ1) is 12.4. The molecule has 1 aliphatic heterocycles. The molecule has 0 amide bonds. The molecule has 3 rings (SSSR count). The highest BCUT2D eigenvalue weighted by Gasteiger charge is 2.31. The van der Waals surface area contributed by atoms with E-state index in [0.29, 0.717) is 25.2 Å². The Labute approximate surface area is 149 Å². The van der Waals surface area contributed by atoms with E-state index in [9.17, 15) is 15.0 Å². The number of nitrogens with zero attached hydrogens (tertiary/aromatic N) is 3. The molecule has 26 heavy (non-hydrogen) atoms. The van der Waals surface area contributed by atoms with Gasteiger partial charge in [0.15, 0.2) is 0 Å². The molecule has 0 saturated carbocycles. The summed E-state index contributed by atoms with van der Waals surface area (Å²) in [5.41, 5.74) is 0.816. The van der Waals surface area contributed by atoms with Crippen LogP contribution in [-0.4, -0.2) is 72.9 Å². The standard InChI is InChI=1S/C15H19BN4O6/c21-14-9(3-4-16(24)25)1-2-12(13(14)15(22)23)26-11-7-20(8-11)6-10-5-17-19-18-10/h1-2,5,11,21,24-25H,3-4,6-8H2,(H,22,23)(H,17,18,19). The molecule has 0 bridgehead atoms. The van der Waals surface area contributed by atoms with Gasteiger partial charge in [-0.1, -0.05) is 6.07 Å². The van der Waals surface area contributed by atoms with Crippen molar-refractivity contribution in [1.29, 1.82) is 0 Å². The fraction of sp³-hybridized carbons (Fsp3) is 0.400. The lowest BCUT2D eigenvalue weighted by Crippen LogP contribution is -2.53. The van der Waals surface area contributed by atoms with Crippen LogP contribution in [-0.2, 0) is 13.0 Å². The maximum Gasteiger partial charge on any atom is 0.451 e. The van der Waals surface area contributed by atoms with Crippen LogP contribution in [0.25, 0.3) is 0 Å². The Kier molecular flexibility index (Phi) is 5.40. The largest absolute Gasteiger partial charge is 0.507 e. The van der Waals surface area contributed by atoms with Crippen molar-refractivity contribution >= 4 is 13.1 Å². The molecule has 1 aromatic heterocycles. The second-order valence-corrected chi connectivity index (χ2v) is 6.17. The minimum absolute atomic E-state index is 0.00749. The molecule has 138 valence electrons. The summed E-state index contributed by atoms with van der Waals surface area (Å²) in [6.07, 6.45) is 1.58. The zero-order chi connectivity index (χ0) is 18.7. The third kappa shape index (κ3) is 4.13. The molecule has 10 nitrogen and oxygen atoms in total. The van der Waals surface area contributed by atoms with Gasteiger partial charge in [-0.15, -0.1) is 0 Å². The number of aromatic carboxylic acids is 1. The number of benzene rings is 1. The normalized spacial score (nSPS) is 14.8. The molecule has 0 radical (unpaired) electrons. The number of hydrogen-bond acceptors (Lipinski definition) is 8. The number of ether oxygens (including phenoxy) is 1. The van der Waals surface area contributed by atoms with Gasteiger partial charge in [0, 0.05) is 19.6 Å². The molecule has 0 atom stereocenters. The van der Waals surface area contributed by atoms with Gasteiger partial charge < -0.3 is 25.0 Å². The zero-order valence-corrected chi connectivity index (χ0v) is 13.9. The van der Waals surface area contributed by atoms with E-state index in [1.807, 2.05) is 0 Å². The van der Waals surface area contributed by atoms with Crippen molar-refractivity contribution in [2.75, 3.05) is 13.1 Å². The van der Waals surface area contributed by atoms with E-state index in [4.69, 9.17) is 14.8 Å². The first-order valence-corrected chi connectivity index (χ1v) is 8.12. The highest BCUT2D eigenvalue weighted by atomic mass is 16.5. The molecular formula is C15H19BN4O6. The van der Waals surface area contributed by atoms with Crippen LogP contribution in [0.15, 0.2) is 18.3 Å². The van der Waals surface area contributed by atoms with E-state index in [1.54, 1.807) is 6.20 Å². The van der Waals surface area contributed by atoms with Crippen LogP contribution in [0.2, 0.25) is 6.32 Å². The van der Waals surface area contributed by atoms with Crippen LogP contribution in [0, 0.1) is 0 Å². The Balaban J connectivity index is 1.64. The first-order valence-electron chi connectivity index (χ1n) is 8.12. The Morgan fingerprint density at radius 1 is 1.38 bits per heavy atom. The summed E-state index contributed by atoms with van der Waals surface area (Å²) in [7, 11) is -1.52. The minimum Gasteiger partial charge on any atom is -0.507 e. The third-order valence-corrected chi connectivity index (χ3v) is 4.18. The second-order valence-electron chi connectivity index (χ2n) is 6.17. The molecule has 1 saturated heterocycles. The number of carboxylic acids is 1. The number of likely N-dealkylation sites (tertiary alicyclic amines) is 1. The van der Waals surface area contributed by atoms with E-state index in [1.165, 1.54) is 12.1 Å². The molecule has 0 aliphatic carbocycles. The van der Waals surface area contributed by atoms with E-state index in [-0.39, 0.29) is 30.2 Å². The Morgan fingerprint density at radius 2 is 2.15 bits per heavy atom. The molecule has 0 unspecified atom stereocenters.